The lowest BCUT2D eigenvalue weighted by Crippen LogP contribution is -2.37. The number of hydrogen-bond acceptors (Lipinski definition) is 2. The Morgan fingerprint density at radius 1 is 1.69 bits per heavy atom. The molecule has 0 spiro atoms. The van der Waals surface area contributed by atoms with E-state index in [1.54, 1.807) is 14.0 Å². The van der Waals surface area contributed by atoms with Crippen LogP contribution < -0.4 is 0 Å². The highest BCUT2D eigenvalue weighted by molar-refractivity contribution is 6.30. The van der Waals surface area contributed by atoms with Crippen LogP contribution in [-0.4, -0.2) is 43.0 Å². The Morgan fingerprint density at radius 3 is 3.06 bits per heavy atom. The highest BCUT2D eigenvalue weighted by Gasteiger charge is 2.50. The first-order valence-corrected chi connectivity index (χ1v) is 6.44. The first-order chi connectivity index (χ1) is 7.59. The van der Waals surface area contributed by atoms with Crippen molar-refractivity contribution in [1.29, 1.82) is 0 Å². The van der Waals surface area contributed by atoms with Crippen LogP contribution >= 0.6 is 11.6 Å². The van der Waals surface area contributed by atoms with Crippen molar-refractivity contribution in [1.82, 2.24) is 4.90 Å². The molecular weight excluding hydrogens is 226 g/mol. The molecule has 0 unspecified atom stereocenters. The lowest BCUT2D eigenvalue weighted by Gasteiger charge is -2.27. The van der Waals surface area contributed by atoms with Crippen LogP contribution in [0.3, 0.4) is 0 Å². The number of methoxy groups -OCH3 is 1. The molecule has 92 valence electrons. The quantitative estimate of drug-likeness (QED) is 0.711. The molecular formula is C12H20ClNO2. The second kappa shape index (κ2) is 4.53. The molecule has 0 aromatic heterocycles. The van der Waals surface area contributed by atoms with Crippen LogP contribution in [0.25, 0.3) is 0 Å². The number of halogens is 1. The summed E-state index contributed by atoms with van der Waals surface area (Å²) in [6.45, 7) is 4.24. The summed E-state index contributed by atoms with van der Waals surface area (Å²) >= 11 is 5.86. The number of amides is 1. The van der Waals surface area contributed by atoms with Crippen molar-refractivity contribution in [3.63, 3.8) is 0 Å². The summed E-state index contributed by atoms with van der Waals surface area (Å²) in [6, 6.07) is 0. The number of likely N-dealkylation sites (tertiary alicyclic amines) is 1. The molecule has 1 aliphatic carbocycles. The van der Waals surface area contributed by atoms with Gasteiger partial charge in [-0.15, -0.1) is 11.6 Å². The molecule has 1 heterocycles. The number of carbonyl (C=O) groups is 1. The van der Waals surface area contributed by atoms with Gasteiger partial charge in [0, 0.05) is 25.6 Å². The van der Waals surface area contributed by atoms with E-state index in [1.807, 2.05) is 4.90 Å². The molecule has 1 amide bonds. The van der Waals surface area contributed by atoms with Gasteiger partial charge in [-0.25, -0.2) is 0 Å². The van der Waals surface area contributed by atoms with Crippen molar-refractivity contribution in [3.05, 3.63) is 0 Å². The normalized spacial score (nSPS) is 35.2. The second-order valence-corrected chi connectivity index (χ2v) is 5.87. The molecule has 1 saturated heterocycles. The predicted molar refractivity (Wildman–Crippen MR) is 63.5 cm³/mol. The Labute approximate surface area is 102 Å². The number of hydrogen-bond donors (Lipinski definition) is 0. The maximum atomic E-state index is 11.9. The van der Waals surface area contributed by atoms with Crippen LogP contribution in [0.1, 0.15) is 26.2 Å². The summed E-state index contributed by atoms with van der Waals surface area (Å²) in [6.07, 6.45) is 3.68. The third kappa shape index (κ3) is 1.95. The Bertz CT molecular complexity index is 282. The van der Waals surface area contributed by atoms with Crippen LogP contribution in [0.4, 0.5) is 0 Å². The van der Waals surface area contributed by atoms with E-state index < -0.39 is 5.38 Å². The fourth-order valence-electron chi connectivity index (χ4n) is 3.36. The Kier molecular flexibility index (Phi) is 3.45. The van der Waals surface area contributed by atoms with Crippen LogP contribution in [0.5, 0.6) is 0 Å². The van der Waals surface area contributed by atoms with Gasteiger partial charge in [0.1, 0.15) is 5.38 Å². The summed E-state index contributed by atoms with van der Waals surface area (Å²) in [5, 5.41) is -0.404. The lowest BCUT2D eigenvalue weighted by atomic mass is 9.82. The van der Waals surface area contributed by atoms with E-state index in [4.69, 9.17) is 16.3 Å². The van der Waals surface area contributed by atoms with Crippen LogP contribution in [-0.2, 0) is 9.53 Å². The minimum absolute atomic E-state index is 0.0755. The lowest BCUT2D eigenvalue weighted by molar-refractivity contribution is -0.130. The minimum Gasteiger partial charge on any atom is -0.384 e. The van der Waals surface area contributed by atoms with Crippen LogP contribution in [0.2, 0.25) is 0 Å². The first kappa shape index (κ1) is 12.2. The van der Waals surface area contributed by atoms with E-state index in [0.717, 1.165) is 19.7 Å². The molecule has 0 aromatic carbocycles. The number of nitrogens with zero attached hydrogens (tertiary/aromatic N) is 1. The maximum absolute atomic E-state index is 11.9. The standard InChI is InChI=1S/C12H20ClNO2/c1-9(13)11(15)14-6-10-4-3-5-12(10,7-14)8-16-2/h9-10H,3-8H2,1-2H3/t9-,10+,12-/m1/s1. The molecule has 4 heteroatoms. The third-order valence-electron chi connectivity index (χ3n) is 4.12. The van der Waals surface area contributed by atoms with Gasteiger partial charge >= 0.3 is 0 Å². The molecule has 16 heavy (non-hydrogen) atoms. The summed E-state index contributed by atoms with van der Waals surface area (Å²) in [5.74, 6) is 0.693. The van der Waals surface area contributed by atoms with Gasteiger partial charge in [0.2, 0.25) is 5.91 Å². The van der Waals surface area contributed by atoms with Gasteiger partial charge in [0.05, 0.1) is 6.61 Å². The molecule has 3 atom stereocenters. The maximum Gasteiger partial charge on any atom is 0.240 e. The fourth-order valence-corrected chi connectivity index (χ4v) is 3.50. The Balaban J connectivity index is 2.07. The van der Waals surface area contributed by atoms with Crippen LogP contribution in [0, 0.1) is 11.3 Å². The SMILES string of the molecule is COC[C@]12CCC[C@H]1CN(C(=O)[C@@H](C)Cl)C2. The molecule has 0 bridgehead atoms. The van der Waals surface area contributed by atoms with E-state index in [2.05, 4.69) is 0 Å². The van der Waals surface area contributed by atoms with Crippen molar-refractivity contribution in [2.45, 2.75) is 31.6 Å². The van der Waals surface area contributed by atoms with Gasteiger partial charge in [0.25, 0.3) is 0 Å². The Hall–Kier alpha value is -0.280. The van der Waals surface area contributed by atoms with E-state index in [1.165, 1.54) is 19.3 Å². The van der Waals surface area contributed by atoms with E-state index >= 15 is 0 Å². The number of alkyl halides is 1. The number of fused-ring (bicyclic) bond motifs is 1. The van der Waals surface area contributed by atoms with Crippen molar-refractivity contribution < 1.29 is 9.53 Å². The molecule has 1 saturated carbocycles. The first-order valence-electron chi connectivity index (χ1n) is 6.01. The van der Waals surface area contributed by atoms with Gasteiger partial charge in [-0.3, -0.25) is 4.79 Å². The minimum atomic E-state index is -0.404. The highest BCUT2D eigenvalue weighted by Crippen LogP contribution is 2.48. The Morgan fingerprint density at radius 2 is 2.44 bits per heavy atom. The zero-order valence-corrected chi connectivity index (χ0v) is 10.8. The zero-order chi connectivity index (χ0) is 11.8. The fraction of sp³-hybridized carbons (Fsp3) is 0.917. The molecule has 1 aliphatic heterocycles. The summed E-state index contributed by atoms with van der Waals surface area (Å²) in [5.41, 5.74) is 0.218. The van der Waals surface area contributed by atoms with Crippen molar-refractivity contribution >= 4 is 17.5 Å². The van der Waals surface area contributed by atoms with Gasteiger partial charge in [-0.2, -0.15) is 0 Å². The summed E-state index contributed by atoms with van der Waals surface area (Å²) in [7, 11) is 1.75. The molecule has 0 aromatic rings. The average Bonchev–Trinajstić information content (AvgIpc) is 2.73. The monoisotopic (exact) mass is 245 g/mol. The van der Waals surface area contributed by atoms with Gasteiger partial charge in [-0.1, -0.05) is 6.42 Å². The van der Waals surface area contributed by atoms with E-state index in [-0.39, 0.29) is 11.3 Å². The number of ether oxygens (including phenoxy) is 1. The van der Waals surface area contributed by atoms with E-state index in [9.17, 15) is 4.79 Å². The third-order valence-corrected chi connectivity index (χ3v) is 4.31. The van der Waals surface area contributed by atoms with Crippen molar-refractivity contribution in [2.24, 2.45) is 11.3 Å². The van der Waals surface area contributed by atoms with Gasteiger partial charge < -0.3 is 9.64 Å². The molecule has 2 aliphatic rings. The summed E-state index contributed by atoms with van der Waals surface area (Å²) in [4.78, 5) is 13.8. The highest BCUT2D eigenvalue weighted by atomic mass is 35.5. The zero-order valence-electron chi connectivity index (χ0n) is 10.0. The topological polar surface area (TPSA) is 29.5 Å². The van der Waals surface area contributed by atoms with E-state index in [0.29, 0.717) is 5.92 Å². The molecule has 3 nitrogen and oxygen atoms in total. The average molecular weight is 246 g/mol. The smallest absolute Gasteiger partial charge is 0.240 e. The number of carbonyl (C=O) groups excluding carboxylic acids is 1. The summed E-state index contributed by atoms with van der Waals surface area (Å²) < 4.78 is 5.35. The molecule has 2 rings (SSSR count). The number of rotatable bonds is 3. The molecule has 0 N–H and O–H groups in total. The van der Waals surface area contributed by atoms with Gasteiger partial charge in [0.15, 0.2) is 0 Å². The predicted octanol–water partition coefficient (Wildman–Crippen LogP) is 1.89. The van der Waals surface area contributed by atoms with Crippen LogP contribution in [0.15, 0.2) is 0 Å². The van der Waals surface area contributed by atoms with Crippen molar-refractivity contribution in [2.75, 3.05) is 26.8 Å². The van der Waals surface area contributed by atoms with Crippen molar-refractivity contribution in [3.8, 4) is 0 Å². The van der Waals surface area contributed by atoms with Gasteiger partial charge in [-0.05, 0) is 25.7 Å². The second-order valence-electron chi connectivity index (χ2n) is 5.22. The molecule has 2 fully saturated rings. The molecule has 0 radical (unpaired) electrons. The largest absolute Gasteiger partial charge is 0.384 e.